The number of nitrogens with zero attached hydrogens (tertiary/aromatic N) is 2. The monoisotopic (exact) mass is 522 g/mol. The first kappa shape index (κ1) is 24.4. The number of anilines is 1. The van der Waals surface area contributed by atoms with Crippen molar-refractivity contribution in [2.75, 3.05) is 18.4 Å². The number of carbonyl (C=O) groups is 2. The summed E-state index contributed by atoms with van der Waals surface area (Å²) in [5.74, 6) is -0.897. The molecule has 0 bridgehead atoms. The zero-order chi connectivity index (χ0) is 24.7. The number of thiazole rings is 1. The molecule has 1 aliphatic rings. The van der Waals surface area contributed by atoms with Gasteiger partial charge in [0.15, 0.2) is 10.9 Å². The molecule has 0 radical (unpaired) electrons. The first-order valence-electron chi connectivity index (χ1n) is 10.3. The number of hydrogen-bond donors (Lipinski definition) is 2. The first-order valence-corrected chi connectivity index (χ1v) is 14.1. The Balaban J connectivity index is 1.42. The molecule has 1 aliphatic heterocycles. The van der Waals surface area contributed by atoms with E-state index in [4.69, 9.17) is 5.14 Å². The van der Waals surface area contributed by atoms with Crippen LogP contribution >= 0.6 is 11.3 Å². The fraction of sp³-hybridized carbons (Fsp3) is 0.286. The predicted octanol–water partition coefficient (Wildman–Crippen LogP) is 2.19. The average Bonchev–Trinajstić information content (AvgIpc) is 3.20. The molecule has 10 nitrogen and oxygen atoms in total. The van der Waals surface area contributed by atoms with Crippen molar-refractivity contribution in [2.45, 2.75) is 29.6 Å². The Morgan fingerprint density at radius 2 is 1.76 bits per heavy atom. The summed E-state index contributed by atoms with van der Waals surface area (Å²) in [6, 6.07) is 10.2. The number of nitrogens with two attached hydrogens (primary N) is 1. The maximum atomic E-state index is 13.0. The Morgan fingerprint density at radius 1 is 1.06 bits per heavy atom. The van der Waals surface area contributed by atoms with Crippen molar-refractivity contribution in [3.8, 4) is 0 Å². The van der Waals surface area contributed by atoms with Crippen LogP contribution in [0.4, 0.5) is 5.13 Å². The standard InChI is InChI=1S/C21H22N4O6S3/c1-13(26)15-3-2-4-17(11-15)34(30,31)25-9-7-14(8-10-25)20(27)24-21-23-18-6-5-16(33(22,28)29)12-19(18)32-21/h2-6,11-12,14H,7-10H2,1H3,(H2,22,28,29)(H,23,24,27). The molecule has 1 fully saturated rings. The number of rotatable bonds is 6. The summed E-state index contributed by atoms with van der Waals surface area (Å²) in [6.07, 6.45) is 0.663. The highest BCUT2D eigenvalue weighted by Gasteiger charge is 2.32. The fourth-order valence-electron chi connectivity index (χ4n) is 3.73. The van der Waals surface area contributed by atoms with Crippen molar-refractivity contribution in [1.29, 1.82) is 0 Å². The third-order valence-electron chi connectivity index (χ3n) is 5.62. The maximum absolute atomic E-state index is 13.0. The lowest BCUT2D eigenvalue weighted by Crippen LogP contribution is -2.41. The molecule has 0 atom stereocenters. The summed E-state index contributed by atoms with van der Waals surface area (Å²) in [5, 5.41) is 8.23. The summed E-state index contributed by atoms with van der Waals surface area (Å²) < 4.78 is 50.9. The van der Waals surface area contributed by atoms with Crippen LogP contribution in [0.25, 0.3) is 10.2 Å². The third kappa shape index (κ3) is 5.03. The van der Waals surface area contributed by atoms with Crippen LogP contribution < -0.4 is 10.5 Å². The quantitative estimate of drug-likeness (QED) is 0.470. The number of amides is 1. The van der Waals surface area contributed by atoms with E-state index in [0.29, 0.717) is 33.8 Å². The van der Waals surface area contributed by atoms with Crippen molar-refractivity contribution in [3.05, 3.63) is 48.0 Å². The highest BCUT2D eigenvalue weighted by atomic mass is 32.2. The minimum atomic E-state index is -3.85. The summed E-state index contributed by atoms with van der Waals surface area (Å²) in [4.78, 5) is 28.7. The van der Waals surface area contributed by atoms with Crippen molar-refractivity contribution >= 4 is 58.4 Å². The van der Waals surface area contributed by atoms with Gasteiger partial charge in [0.25, 0.3) is 0 Å². The molecule has 1 amide bonds. The van der Waals surface area contributed by atoms with E-state index in [-0.39, 0.29) is 34.6 Å². The van der Waals surface area contributed by atoms with Gasteiger partial charge in [-0.05, 0) is 50.1 Å². The van der Waals surface area contributed by atoms with Gasteiger partial charge in [-0.1, -0.05) is 23.5 Å². The summed E-state index contributed by atoms with van der Waals surface area (Å²) in [7, 11) is -7.63. The fourth-order valence-corrected chi connectivity index (χ4v) is 6.76. The van der Waals surface area contributed by atoms with Crippen LogP contribution in [0, 0.1) is 5.92 Å². The van der Waals surface area contributed by atoms with Crippen LogP contribution in [0.15, 0.2) is 52.3 Å². The number of primary sulfonamides is 1. The zero-order valence-corrected chi connectivity index (χ0v) is 20.5. The smallest absolute Gasteiger partial charge is 0.243 e. The van der Waals surface area contributed by atoms with Crippen LogP contribution in [0.5, 0.6) is 0 Å². The largest absolute Gasteiger partial charge is 0.302 e. The number of nitrogens with one attached hydrogen (secondary N) is 1. The molecule has 0 saturated carbocycles. The molecule has 13 heteroatoms. The van der Waals surface area contributed by atoms with E-state index in [1.807, 2.05) is 0 Å². The number of ketones is 1. The number of Topliss-reactive ketones (excluding diaryl/α,β-unsaturated/α-hetero) is 1. The van der Waals surface area contributed by atoms with Gasteiger partial charge in [-0.25, -0.2) is 27.0 Å². The second-order valence-electron chi connectivity index (χ2n) is 7.95. The lowest BCUT2D eigenvalue weighted by Gasteiger charge is -2.30. The van der Waals surface area contributed by atoms with Gasteiger partial charge < -0.3 is 5.32 Å². The minimum Gasteiger partial charge on any atom is -0.302 e. The van der Waals surface area contributed by atoms with Gasteiger partial charge in [-0.2, -0.15) is 4.31 Å². The zero-order valence-electron chi connectivity index (χ0n) is 18.1. The highest BCUT2D eigenvalue weighted by molar-refractivity contribution is 7.89. The van der Waals surface area contributed by atoms with E-state index < -0.39 is 26.0 Å². The van der Waals surface area contributed by atoms with Crippen LogP contribution in [0.1, 0.15) is 30.1 Å². The molecule has 3 aromatic rings. The average molecular weight is 523 g/mol. The molecule has 0 aliphatic carbocycles. The van der Waals surface area contributed by atoms with E-state index in [2.05, 4.69) is 10.3 Å². The first-order chi connectivity index (χ1) is 15.9. The molecule has 34 heavy (non-hydrogen) atoms. The normalized spacial score (nSPS) is 15.9. The molecular weight excluding hydrogens is 500 g/mol. The van der Waals surface area contributed by atoms with Crippen molar-refractivity contribution in [2.24, 2.45) is 11.1 Å². The minimum absolute atomic E-state index is 0.0380. The van der Waals surface area contributed by atoms with E-state index in [1.54, 1.807) is 6.07 Å². The number of aromatic nitrogens is 1. The Morgan fingerprint density at radius 3 is 2.41 bits per heavy atom. The SMILES string of the molecule is CC(=O)c1cccc(S(=O)(=O)N2CCC(C(=O)Nc3nc4ccc(S(N)(=O)=O)cc4s3)CC2)c1. The number of benzene rings is 2. The Labute approximate surface area is 200 Å². The van der Waals surface area contributed by atoms with Crippen LogP contribution in [-0.4, -0.2) is 50.9 Å². The van der Waals surface area contributed by atoms with E-state index in [9.17, 15) is 26.4 Å². The van der Waals surface area contributed by atoms with E-state index in [0.717, 1.165) is 11.3 Å². The number of hydrogen-bond acceptors (Lipinski definition) is 8. The van der Waals surface area contributed by atoms with E-state index in [1.165, 1.54) is 47.6 Å². The number of fused-ring (bicyclic) bond motifs is 1. The van der Waals surface area contributed by atoms with Crippen molar-refractivity contribution in [3.63, 3.8) is 0 Å². The molecular formula is C21H22N4O6S3. The molecule has 0 unspecified atom stereocenters. The topological polar surface area (TPSA) is 157 Å². The second-order valence-corrected chi connectivity index (χ2v) is 12.5. The lowest BCUT2D eigenvalue weighted by molar-refractivity contribution is -0.120. The summed E-state index contributed by atoms with van der Waals surface area (Å²) in [6.45, 7) is 1.71. The predicted molar refractivity (Wildman–Crippen MR) is 128 cm³/mol. The maximum Gasteiger partial charge on any atom is 0.243 e. The highest BCUT2D eigenvalue weighted by Crippen LogP contribution is 2.30. The summed E-state index contributed by atoms with van der Waals surface area (Å²) in [5.41, 5.74) is 0.851. The third-order valence-corrected chi connectivity index (χ3v) is 9.36. The number of carbonyl (C=O) groups excluding carboxylic acids is 2. The van der Waals surface area contributed by atoms with E-state index >= 15 is 0 Å². The van der Waals surface area contributed by atoms with Crippen LogP contribution in [0.3, 0.4) is 0 Å². The van der Waals surface area contributed by atoms with Gasteiger partial charge >= 0.3 is 0 Å². The molecule has 3 N–H and O–H groups in total. The lowest BCUT2D eigenvalue weighted by atomic mass is 9.97. The van der Waals surface area contributed by atoms with Gasteiger partial charge in [0.05, 0.1) is 20.0 Å². The molecule has 2 aromatic carbocycles. The molecule has 0 spiro atoms. The number of sulfonamides is 2. The second kappa shape index (κ2) is 9.15. The van der Waals surface area contributed by atoms with Crippen LogP contribution in [-0.2, 0) is 24.8 Å². The van der Waals surface area contributed by atoms with Gasteiger partial charge in [-0.3, -0.25) is 9.59 Å². The van der Waals surface area contributed by atoms with Crippen molar-refractivity contribution in [1.82, 2.24) is 9.29 Å². The summed E-state index contributed by atoms with van der Waals surface area (Å²) >= 11 is 1.13. The Hall–Kier alpha value is -2.71. The van der Waals surface area contributed by atoms with Gasteiger partial charge in [0.1, 0.15) is 0 Å². The van der Waals surface area contributed by atoms with Gasteiger partial charge in [0, 0.05) is 24.6 Å². The Kier molecular flexibility index (Phi) is 6.57. The molecule has 1 saturated heterocycles. The molecule has 180 valence electrons. The van der Waals surface area contributed by atoms with Crippen molar-refractivity contribution < 1.29 is 26.4 Å². The molecule has 2 heterocycles. The number of piperidine rings is 1. The van der Waals surface area contributed by atoms with Gasteiger partial charge in [-0.15, -0.1) is 0 Å². The molecule has 4 rings (SSSR count). The Bertz CT molecular complexity index is 1490. The molecule has 1 aromatic heterocycles. The van der Waals surface area contributed by atoms with Crippen LogP contribution in [0.2, 0.25) is 0 Å². The van der Waals surface area contributed by atoms with Gasteiger partial charge in [0.2, 0.25) is 26.0 Å².